The fourth-order valence-electron chi connectivity index (χ4n) is 1.15. The number of nitrogens with one attached hydrogen (secondary N) is 1. The Morgan fingerprint density at radius 2 is 1.87 bits per heavy atom. The molecule has 0 aromatic rings. The van der Waals surface area contributed by atoms with Crippen molar-refractivity contribution in [1.82, 2.24) is 9.03 Å². The Kier molecular flexibility index (Phi) is 7.95. The van der Waals surface area contributed by atoms with E-state index in [2.05, 4.69) is 4.72 Å². The molecule has 0 unspecified atom stereocenters. The molecule has 0 bridgehead atoms. The van der Waals surface area contributed by atoms with Crippen LogP contribution in [0.25, 0.3) is 0 Å². The fraction of sp³-hybridized carbons (Fsp3) is 1.00. The Labute approximate surface area is 93.2 Å². The molecule has 92 valence electrons. The fourth-order valence-corrected chi connectivity index (χ4v) is 2.51. The molecule has 0 amide bonds. The van der Waals surface area contributed by atoms with Gasteiger partial charge in [0, 0.05) is 26.2 Å². The Morgan fingerprint density at radius 1 is 1.20 bits per heavy atom. The van der Waals surface area contributed by atoms with Crippen LogP contribution in [0.4, 0.5) is 0 Å². The van der Waals surface area contributed by atoms with Gasteiger partial charge in [0.2, 0.25) is 0 Å². The average molecular weight is 237 g/mol. The van der Waals surface area contributed by atoms with Crippen LogP contribution >= 0.6 is 0 Å². The van der Waals surface area contributed by atoms with Crippen LogP contribution in [0.15, 0.2) is 0 Å². The molecule has 0 aliphatic heterocycles. The zero-order valence-electron chi connectivity index (χ0n) is 9.70. The third-order valence-corrected chi connectivity index (χ3v) is 3.63. The third-order valence-electron chi connectivity index (χ3n) is 2.01. The standard InChI is InChI=1S/C9H23N3O2S/c1-3-5-8-12(9-6-10)15(13,14)11-7-4-2/h11H,3-10H2,1-2H3. The van der Waals surface area contributed by atoms with Crippen LogP contribution in [0.2, 0.25) is 0 Å². The van der Waals surface area contributed by atoms with Gasteiger partial charge in [-0.15, -0.1) is 0 Å². The van der Waals surface area contributed by atoms with Crippen molar-refractivity contribution >= 4 is 10.2 Å². The normalized spacial score (nSPS) is 12.3. The van der Waals surface area contributed by atoms with Gasteiger partial charge in [-0.3, -0.25) is 0 Å². The minimum Gasteiger partial charge on any atom is -0.329 e. The second-order valence-corrected chi connectivity index (χ2v) is 5.20. The molecule has 0 rings (SSSR count). The first kappa shape index (κ1) is 14.8. The van der Waals surface area contributed by atoms with Crippen molar-refractivity contribution in [2.75, 3.05) is 26.2 Å². The quantitative estimate of drug-likeness (QED) is 0.605. The van der Waals surface area contributed by atoms with E-state index in [0.29, 0.717) is 26.2 Å². The van der Waals surface area contributed by atoms with Crippen molar-refractivity contribution in [3.63, 3.8) is 0 Å². The summed E-state index contributed by atoms with van der Waals surface area (Å²) in [5.74, 6) is 0. The van der Waals surface area contributed by atoms with Gasteiger partial charge in [-0.1, -0.05) is 20.3 Å². The molecule has 6 heteroatoms. The predicted molar refractivity (Wildman–Crippen MR) is 62.7 cm³/mol. The molecular weight excluding hydrogens is 214 g/mol. The zero-order valence-corrected chi connectivity index (χ0v) is 10.5. The first-order valence-corrected chi connectivity index (χ1v) is 6.97. The number of unbranched alkanes of at least 4 members (excludes halogenated alkanes) is 1. The molecule has 0 heterocycles. The molecule has 15 heavy (non-hydrogen) atoms. The lowest BCUT2D eigenvalue weighted by Gasteiger charge is -2.21. The molecule has 0 atom stereocenters. The monoisotopic (exact) mass is 237 g/mol. The van der Waals surface area contributed by atoms with Crippen LogP contribution in [0.5, 0.6) is 0 Å². The molecule has 3 N–H and O–H groups in total. The maximum absolute atomic E-state index is 11.7. The molecule has 0 saturated carbocycles. The smallest absolute Gasteiger partial charge is 0.279 e. The summed E-state index contributed by atoms with van der Waals surface area (Å²) in [4.78, 5) is 0. The van der Waals surface area contributed by atoms with Crippen molar-refractivity contribution in [2.24, 2.45) is 5.73 Å². The van der Waals surface area contributed by atoms with E-state index in [0.717, 1.165) is 19.3 Å². The Hall–Kier alpha value is -0.170. The lowest BCUT2D eigenvalue weighted by molar-refractivity contribution is 0.402. The molecule has 0 aromatic carbocycles. The zero-order chi connectivity index (χ0) is 11.7. The molecule has 0 spiro atoms. The van der Waals surface area contributed by atoms with Crippen molar-refractivity contribution in [1.29, 1.82) is 0 Å². The van der Waals surface area contributed by atoms with E-state index in [-0.39, 0.29) is 0 Å². The maximum atomic E-state index is 11.7. The van der Waals surface area contributed by atoms with Crippen molar-refractivity contribution in [3.8, 4) is 0 Å². The Morgan fingerprint density at radius 3 is 2.33 bits per heavy atom. The predicted octanol–water partition coefficient (Wildman–Crippen LogP) is 0.292. The highest BCUT2D eigenvalue weighted by molar-refractivity contribution is 7.87. The lowest BCUT2D eigenvalue weighted by atomic mass is 10.3. The number of hydrogen-bond donors (Lipinski definition) is 2. The molecule has 0 radical (unpaired) electrons. The van der Waals surface area contributed by atoms with Gasteiger partial charge in [-0.25, -0.2) is 4.72 Å². The van der Waals surface area contributed by atoms with Gasteiger partial charge in [0.1, 0.15) is 0 Å². The molecule has 0 fully saturated rings. The molecule has 0 aromatic heterocycles. The third kappa shape index (κ3) is 6.09. The van der Waals surface area contributed by atoms with Gasteiger partial charge in [0.05, 0.1) is 0 Å². The van der Waals surface area contributed by atoms with Crippen LogP contribution in [0.3, 0.4) is 0 Å². The highest BCUT2D eigenvalue weighted by Gasteiger charge is 2.19. The first-order chi connectivity index (χ1) is 7.08. The SMILES string of the molecule is CCCCN(CCN)S(=O)(=O)NCCC. The highest BCUT2D eigenvalue weighted by Crippen LogP contribution is 2.00. The van der Waals surface area contributed by atoms with E-state index >= 15 is 0 Å². The summed E-state index contributed by atoms with van der Waals surface area (Å²) in [6, 6.07) is 0. The second-order valence-electron chi connectivity index (χ2n) is 3.44. The highest BCUT2D eigenvalue weighted by atomic mass is 32.2. The summed E-state index contributed by atoms with van der Waals surface area (Å²) in [5, 5.41) is 0. The topological polar surface area (TPSA) is 75.4 Å². The van der Waals surface area contributed by atoms with Crippen molar-refractivity contribution < 1.29 is 8.42 Å². The summed E-state index contributed by atoms with van der Waals surface area (Å²) in [6.45, 7) is 5.74. The minimum absolute atomic E-state index is 0.358. The molecule has 0 saturated heterocycles. The summed E-state index contributed by atoms with van der Waals surface area (Å²) >= 11 is 0. The van der Waals surface area contributed by atoms with Gasteiger partial charge in [-0.2, -0.15) is 12.7 Å². The van der Waals surface area contributed by atoms with E-state index in [4.69, 9.17) is 5.73 Å². The second kappa shape index (κ2) is 8.04. The van der Waals surface area contributed by atoms with Gasteiger partial charge < -0.3 is 5.73 Å². The van der Waals surface area contributed by atoms with Crippen LogP contribution in [-0.2, 0) is 10.2 Å². The van der Waals surface area contributed by atoms with Gasteiger partial charge in [0.25, 0.3) is 10.2 Å². The molecule has 0 aliphatic carbocycles. The number of rotatable bonds is 9. The van der Waals surface area contributed by atoms with E-state index < -0.39 is 10.2 Å². The van der Waals surface area contributed by atoms with E-state index in [1.165, 1.54) is 4.31 Å². The van der Waals surface area contributed by atoms with Crippen LogP contribution < -0.4 is 10.5 Å². The van der Waals surface area contributed by atoms with Crippen LogP contribution in [0.1, 0.15) is 33.1 Å². The van der Waals surface area contributed by atoms with E-state index in [1.807, 2.05) is 13.8 Å². The van der Waals surface area contributed by atoms with Gasteiger partial charge in [-0.05, 0) is 12.8 Å². The van der Waals surface area contributed by atoms with Crippen molar-refractivity contribution in [2.45, 2.75) is 33.1 Å². The molecule has 5 nitrogen and oxygen atoms in total. The summed E-state index contributed by atoms with van der Waals surface area (Å²) in [6.07, 6.45) is 2.64. The van der Waals surface area contributed by atoms with Gasteiger partial charge >= 0.3 is 0 Å². The van der Waals surface area contributed by atoms with Crippen LogP contribution in [-0.4, -0.2) is 38.9 Å². The summed E-state index contributed by atoms with van der Waals surface area (Å²) in [5.41, 5.74) is 5.39. The van der Waals surface area contributed by atoms with Crippen LogP contribution in [0, 0.1) is 0 Å². The molecular formula is C9H23N3O2S. The van der Waals surface area contributed by atoms with E-state index in [1.54, 1.807) is 0 Å². The number of nitrogens with zero attached hydrogens (tertiary/aromatic N) is 1. The van der Waals surface area contributed by atoms with Gasteiger partial charge in [0.15, 0.2) is 0 Å². The number of nitrogens with two attached hydrogens (primary N) is 1. The largest absolute Gasteiger partial charge is 0.329 e. The summed E-state index contributed by atoms with van der Waals surface area (Å²) in [7, 11) is -3.32. The first-order valence-electron chi connectivity index (χ1n) is 5.53. The Bertz CT molecular complexity index is 242. The number of hydrogen-bond acceptors (Lipinski definition) is 3. The van der Waals surface area contributed by atoms with Crippen molar-refractivity contribution in [3.05, 3.63) is 0 Å². The lowest BCUT2D eigenvalue weighted by Crippen LogP contribution is -2.43. The average Bonchev–Trinajstić information content (AvgIpc) is 2.21. The summed E-state index contributed by atoms with van der Waals surface area (Å²) < 4.78 is 27.5. The minimum atomic E-state index is -3.32. The maximum Gasteiger partial charge on any atom is 0.279 e. The molecule has 0 aliphatic rings. The van der Waals surface area contributed by atoms with E-state index in [9.17, 15) is 8.42 Å². The Balaban J connectivity index is 4.30.